The van der Waals surface area contributed by atoms with Gasteiger partial charge in [0.2, 0.25) is 5.95 Å². The zero-order chi connectivity index (χ0) is 17.1. The van der Waals surface area contributed by atoms with Gasteiger partial charge in [-0.05, 0) is 18.2 Å². The Morgan fingerprint density at radius 1 is 1.17 bits per heavy atom. The van der Waals surface area contributed by atoms with Gasteiger partial charge in [-0.3, -0.25) is 25.3 Å². The Morgan fingerprint density at radius 2 is 1.88 bits per heavy atom. The maximum Gasteiger partial charge on any atom is 0.269 e. The van der Waals surface area contributed by atoms with Crippen molar-refractivity contribution in [1.29, 1.82) is 0 Å². The van der Waals surface area contributed by atoms with Crippen LogP contribution in [0.3, 0.4) is 0 Å². The van der Waals surface area contributed by atoms with E-state index < -0.39 is 10.8 Å². The van der Waals surface area contributed by atoms with Gasteiger partial charge in [-0.2, -0.15) is 4.98 Å². The zero-order valence-corrected chi connectivity index (χ0v) is 13.6. The van der Waals surface area contributed by atoms with E-state index in [1.807, 2.05) is 24.3 Å². The van der Waals surface area contributed by atoms with Crippen LogP contribution < -0.4 is 5.32 Å². The number of nitro benzene ring substituents is 1. The number of carbonyl (C=O) groups excluding carboxylic acids is 1. The number of non-ortho nitro benzene ring substituents is 1. The molecule has 0 aliphatic heterocycles. The molecule has 24 heavy (non-hydrogen) atoms. The second kappa shape index (κ2) is 6.59. The van der Waals surface area contributed by atoms with E-state index in [0.717, 1.165) is 10.0 Å². The van der Waals surface area contributed by atoms with E-state index in [-0.39, 0.29) is 17.2 Å². The Hall–Kier alpha value is -3.07. The van der Waals surface area contributed by atoms with E-state index in [4.69, 9.17) is 0 Å². The van der Waals surface area contributed by atoms with Gasteiger partial charge in [0.15, 0.2) is 5.82 Å². The van der Waals surface area contributed by atoms with E-state index in [2.05, 4.69) is 36.4 Å². The molecule has 9 heteroatoms. The molecule has 0 atom stereocenters. The molecular weight excluding hydrogens is 378 g/mol. The quantitative estimate of drug-likeness (QED) is 0.525. The molecule has 1 aromatic heterocycles. The summed E-state index contributed by atoms with van der Waals surface area (Å²) in [6.07, 6.45) is 0. The van der Waals surface area contributed by atoms with Gasteiger partial charge in [0.1, 0.15) is 0 Å². The number of nitrogens with one attached hydrogen (secondary N) is 2. The normalized spacial score (nSPS) is 10.4. The Morgan fingerprint density at radius 3 is 2.54 bits per heavy atom. The van der Waals surface area contributed by atoms with Crippen molar-refractivity contribution in [2.45, 2.75) is 0 Å². The Balaban J connectivity index is 1.76. The van der Waals surface area contributed by atoms with Crippen molar-refractivity contribution in [2.24, 2.45) is 0 Å². The first kappa shape index (κ1) is 15.8. The minimum atomic E-state index is -0.527. The van der Waals surface area contributed by atoms with Gasteiger partial charge in [-0.15, -0.1) is 5.10 Å². The monoisotopic (exact) mass is 387 g/mol. The number of carbonyl (C=O) groups is 1. The van der Waals surface area contributed by atoms with Crippen LogP contribution in [-0.4, -0.2) is 26.0 Å². The predicted octanol–water partition coefficient (Wildman–Crippen LogP) is 3.39. The predicted molar refractivity (Wildman–Crippen MR) is 90.6 cm³/mol. The Bertz CT molecular complexity index is 907. The number of aromatic nitrogens is 3. The summed E-state index contributed by atoms with van der Waals surface area (Å²) in [5, 5.41) is 19.9. The second-order valence-electron chi connectivity index (χ2n) is 4.75. The number of nitrogens with zero attached hydrogens (tertiary/aromatic N) is 3. The summed E-state index contributed by atoms with van der Waals surface area (Å²) in [7, 11) is 0. The molecular formula is C15H10BrN5O3. The van der Waals surface area contributed by atoms with Crippen LogP contribution in [0.2, 0.25) is 0 Å². The fraction of sp³-hybridized carbons (Fsp3) is 0. The van der Waals surface area contributed by atoms with E-state index in [1.54, 1.807) is 0 Å². The molecule has 120 valence electrons. The van der Waals surface area contributed by atoms with Gasteiger partial charge in [0.05, 0.1) is 4.92 Å². The van der Waals surface area contributed by atoms with Crippen molar-refractivity contribution in [1.82, 2.24) is 15.2 Å². The largest absolute Gasteiger partial charge is 0.289 e. The number of halogens is 1. The SMILES string of the molecule is O=C(Nc1n[nH]c(-c2ccccc2Br)n1)c1ccc([N+](=O)[O-])cc1. The lowest BCUT2D eigenvalue weighted by Crippen LogP contribution is -2.12. The van der Waals surface area contributed by atoms with Crippen molar-refractivity contribution < 1.29 is 9.72 Å². The van der Waals surface area contributed by atoms with Crippen molar-refractivity contribution in [3.8, 4) is 11.4 Å². The van der Waals surface area contributed by atoms with E-state index in [0.29, 0.717) is 5.82 Å². The van der Waals surface area contributed by atoms with E-state index in [9.17, 15) is 14.9 Å². The molecule has 2 aromatic carbocycles. The van der Waals surface area contributed by atoms with E-state index >= 15 is 0 Å². The molecule has 2 N–H and O–H groups in total. The second-order valence-corrected chi connectivity index (χ2v) is 5.60. The molecule has 8 nitrogen and oxygen atoms in total. The number of nitro groups is 1. The average molecular weight is 388 g/mol. The van der Waals surface area contributed by atoms with Crippen molar-refractivity contribution >= 4 is 33.5 Å². The third kappa shape index (κ3) is 3.30. The molecule has 1 heterocycles. The molecule has 3 rings (SSSR count). The number of aromatic amines is 1. The highest BCUT2D eigenvalue weighted by Gasteiger charge is 2.13. The molecule has 0 saturated carbocycles. The van der Waals surface area contributed by atoms with Crippen LogP contribution in [0.5, 0.6) is 0 Å². The van der Waals surface area contributed by atoms with Crippen LogP contribution in [0.4, 0.5) is 11.6 Å². The van der Waals surface area contributed by atoms with Crippen molar-refractivity contribution in [2.75, 3.05) is 5.32 Å². The highest BCUT2D eigenvalue weighted by Crippen LogP contribution is 2.25. The number of hydrogen-bond donors (Lipinski definition) is 2. The fourth-order valence-corrected chi connectivity index (χ4v) is 2.47. The first-order chi connectivity index (χ1) is 11.5. The number of amides is 1. The molecule has 0 radical (unpaired) electrons. The number of benzene rings is 2. The number of hydrogen-bond acceptors (Lipinski definition) is 5. The first-order valence-electron chi connectivity index (χ1n) is 6.78. The van der Waals surface area contributed by atoms with Gasteiger partial charge >= 0.3 is 0 Å². The summed E-state index contributed by atoms with van der Waals surface area (Å²) < 4.78 is 0.842. The number of rotatable bonds is 4. The lowest BCUT2D eigenvalue weighted by Gasteiger charge is -2.01. The highest BCUT2D eigenvalue weighted by molar-refractivity contribution is 9.10. The molecule has 3 aromatic rings. The van der Waals surface area contributed by atoms with Crippen molar-refractivity contribution in [3.05, 3.63) is 68.7 Å². The summed E-state index contributed by atoms with van der Waals surface area (Å²) in [4.78, 5) is 26.4. The van der Waals surface area contributed by atoms with Crippen LogP contribution in [0.15, 0.2) is 53.0 Å². The standard InChI is InChI=1S/C15H10BrN5O3/c16-12-4-2-1-3-11(12)13-17-15(20-19-13)18-14(22)9-5-7-10(8-6-9)21(23)24/h1-8H,(H2,17,18,19,20,22). The summed E-state index contributed by atoms with van der Waals surface area (Å²) >= 11 is 3.42. The third-order valence-electron chi connectivity index (χ3n) is 3.18. The minimum Gasteiger partial charge on any atom is -0.289 e. The van der Waals surface area contributed by atoms with E-state index in [1.165, 1.54) is 24.3 Å². The lowest BCUT2D eigenvalue weighted by atomic mass is 10.2. The Labute approximate surface area is 144 Å². The lowest BCUT2D eigenvalue weighted by molar-refractivity contribution is -0.384. The number of anilines is 1. The maximum atomic E-state index is 12.1. The van der Waals surface area contributed by atoms with Gasteiger partial charge in [-0.1, -0.05) is 34.1 Å². The van der Waals surface area contributed by atoms with Crippen LogP contribution >= 0.6 is 15.9 Å². The molecule has 0 fully saturated rings. The van der Waals surface area contributed by atoms with Crippen LogP contribution in [-0.2, 0) is 0 Å². The molecule has 0 spiro atoms. The highest BCUT2D eigenvalue weighted by atomic mass is 79.9. The average Bonchev–Trinajstić information content (AvgIpc) is 3.03. The number of H-pyrrole nitrogens is 1. The van der Waals surface area contributed by atoms with Crippen molar-refractivity contribution in [3.63, 3.8) is 0 Å². The molecule has 0 aliphatic rings. The first-order valence-corrected chi connectivity index (χ1v) is 7.57. The molecule has 1 amide bonds. The molecule has 0 bridgehead atoms. The van der Waals surface area contributed by atoms with Gasteiger partial charge in [0.25, 0.3) is 11.6 Å². The van der Waals surface area contributed by atoms with Crippen LogP contribution in [0.25, 0.3) is 11.4 Å². The maximum absolute atomic E-state index is 12.1. The van der Waals surface area contributed by atoms with Gasteiger partial charge in [-0.25, -0.2) is 0 Å². The molecule has 0 saturated heterocycles. The summed E-state index contributed by atoms with van der Waals surface area (Å²) in [6.45, 7) is 0. The fourth-order valence-electron chi connectivity index (χ4n) is 2.00. The van der Waals surface area contributed by atoms with Crippen LogP contribution in [0.1, 0.15) is 10.4 Å². The third-order valence-corrected chi connectivity index (χ3v) is 3.87. The van der Waals surface area contributed by atoms with Crippen LogP contribution in [0, 0.1) is 10.1 Å². The summed E-state index contributed by atoms with van der Waals surface area (Å²) in [5.41, 5.74) is 0.995. The topological polar surface area (TPSA) is 114 Å². The molecule has 0 aliphatic carbocycles. The van der Waals surface area contributed by atoms with Gasteiger partial charge in [0, 0.05) is 27.7 Å². The Kier molecular flexibility index (Phi) is 4.34. The summed E-state index contributed by atoms with van der Waals surface area (Å²) in [5.74, 6) is 0.160. The summed E-state index contributed by atoms with van der Waals surface area (Å²) in [6, 6.07) is 12.7. The molecule has 0 unspecified atom stereocenters. The van der Waals surface area contributed by atoms with Gasteiger partial charge < -0.3 is 0 Å². The minimum absolute atomic E-state index is 0.0827. The smallest absolute Gasteiger partial charge is 0.269 e. The zero-order valence-electron chi connectivity index (χ0n) is 12.1.